The summed E-state index contributed by atoms with van der Waals surface area (Å²) in [7, 11) is -3.28. The average molecular weight is 555 g/mol. The SMILES string of the molecule is CCS(=O)(=O)c1ccc(CNC(=O)c2ccc3c(c2)cc(C(C)c2ccc(C(F)(F)F)cc2)n3C2CC2)cc1. The van der Waals surface area contributed by atoms with Crippen LogP contribution in [0.15, 0.2) is 77.7 Å². The lowest BCUT2D eigenvalue weighted by Gasteiger charge is -2.17. The van der Waals surface area contributed by atoms with Crippen molar-refractivity contribution in [1.82, 2.24) is 9.88 Å². The first-order valence-electron chi connectivity index (χ1n) is 12.9. The predicted molar refractivity (Wildman–Crippen MR) is 145 cm³/mol. The van der Waals surface area contributed by atoms with E-state index in [1.807, 2.05) is 25.1 Å². The van der Waals surface area contributed by atoms with Gasteiger partial charge in [-0.2, -0.15) is 13.2 Å². The summed E-state index contributed by atoms with van der Waals surface area (Å²) >= 11 is 0. The monoisotopic (exact) mass is 554 g/mol. The van der Waals surface area contributed by atoms with Crippen LogP contribution in [0.5, 0.6) is 0 Å². The molecule has 1 aliphatic carbocycles. The first kappa shape index (κ1) is 27.0. The van der Waals surface area contributed by atoms with Gasteiger partial charge >= 0.3 is 6.18 Å². The molecular formula is C30H29F3N2O3S. The summed E-state index contributed by atoms with van der Waals surface area (Å²) in [6.07, 6.45) is -2.30. The molecule has 1 saturated carbocycles. The molecule has 1 atom stereocenters. The topological polar surface area (TPSA) is 68.2 Å². The molecule has 4 aromatic rings. The molecule has 39 heavy (non-hydrogen) atoms. The van der Waals surface area contributed by atoms with Crippen molar-refractivity contribution >= 4 is 26.6 Å². The molecule has 1 N–H and O–H groups in total. The van der Waals surface area contributed by atoms with E-state index in [-0.39, 0.29) is 29.0 Å². The van der Waals surface area contributed by atoms with Gasteiger partial charge < -0.3 is 9.88 Å². The van der Waals surface area contributed by atoms with E-state index in [0.717, 1.165) is 52.7 Å². The molecule has 1 unspecified atom stereocenters. The Morgan fingerprint density at radius 1 is 1.00 bits per heavy atom. The molecule has 9 heteroatoms. The third-order valence-electron chi connectivity index (χ3n) is 7.34. The summed E-state index contributed by atoms with van der Waals surface area (Å²) in [5, 5.41) is 3.79. The number of rotatable bonds is 8. The number of fused-ring (bicyclic) bond motifs is 1. The Morgan fingerprint density at radius 2 is 1.67 bits per heavy atom. The molecule has 1 aliphatic rings. The lowest BCUT2D eigenvalue weighted by Crippen LogP contribution is -2.22. The molecular weight excluding hydrogens is 525 g/mol. The molecule has 5 nitrogen and oxygen atoms in total. The van der Waals surface area contributed by atoms with Crippen LogP contribution in [0.2, 0.25) is 0 Å². The molecule has 0 saturated heterocycles. The first-order chi connectivity index (χ1) is 18.5. The van der Waals surface area contributed by atoms with Gasteiger partial charge in [0, 0.05) is 40.7 Å². The number of amides is 1. The van der Waals surface area contributed by atoms with E-state index >= 15 is 0 Å². The Balaban J connectivity index is 1.36. The normalized spacial score (nSPS) is 14.9. The molecule has 0 radical (unpaired) electrons. The zero-order chi connectivity index (χ0) is 27.9. The first-order valence-corrected chi connectivity index (χ1v) is 14.5. The van der Waals surface area contributed by atoms with E-state index in [0.29, 0.717) is 11.6 Å². The Morgan fingerprint density at radius 3 is 2.26 bits per heavy atom. The minimum Gasteiger partial charge on any atom is -0.348 e. The molecule has 0 bridgehead atoms. The van der Waals surface area contributed by atoms with Gasteiger partial charge in [0.25, 0.3) is 5.91 Å². The fourth-order valence-electron chi connectivity index (χ4n) is 4.87. The van der Waals surface area contributed by atoms with Gasteiger partial charge in [0.15, 0.2) is 9.84 Å². The Bertz CT molecular complexity index is 1620. The molecule has 5 rings (SSSR count). The maximum Gasteiger partial charge on any atom is 0.416 e. The van der Waals surface area contributed by atoms with Crippen LogP contribution in [0.1, 0.15) is 71.4 Å². The zero-order valence-corrected chi connectivity index (χ0v) is 22.4. The van der Waals surface area contributed by atoms with Gasteiger partial charge in [-0.15, -0.1) is 0 Å². The third-order valence-corrected chi connectivity index (χ3v) is 9.09. The maximum absolute atomic E-state index is 13.0. The van der Waals surface area contributed by atoms with Crippen LogP contribution in [0, 0.1) is 0 Å². The largest absolute Gasteiger partial charge is 0.416 e. The number of nitrogens with one attached hydrogen (secondary N) is 1. The third kappa shape index (κ3) is 5.59. The Hall–Kier alpha value is -3.59. The molecule has 1 fully saturated rings. The number of carbonyl (C=O) groups excluding carboxylic acids is 1. The van der Waals surface area contributed by atoms with Crippen LogP contribution < -0.4 is 5.32 Å². The van der Waals surface area contributed by atoms with Crippen molar-refractivity contribution in [3.05, 3.63) is 101 Å². The summed E-state index contributed by atoms with van der Waals surface area (Å²) in [4.78, 5) is 13.2. The molecule has 1 amide bonds. The summed E-state index contributed by atoms with van der Waals surface area (Å²) in [6.45, 7) is 3.83. The van der Waals surface area contributed by atoms with Crippen molar-refractivity contribution in [2.24, 2.45) is 0 Å². The standard InChI is InChI=1S/C30H29F3N2O3S/c1-3-39(37,38)26-13-4-20(5-14-26)18-34-29(36)22-8-15-27-23(16-22)17-28(35(27)25-11-12-25)19(2)21-6-9-24(10-7-21)30(31,32)33/h4-10,13-17,19,25H,3,11-12,18H2,1-2H3,(H,34,36). The van der Waals surface area contributed by atoms with Crippen molar-refractivity contribution in [1.29, 1.82) is 0 Å². The minimum atomic E-state index is -4.37. The highest BCUT2D eigenvalue weighted by atomic mass is 32.2. The van der Waals surface area contributed by atoms with Crippen LogP contribution in [-0.4, -0.2) is 24.6 Å². The van der Waals surface area contributed by atoms with Crippen molar-refractivity contribution in [2.75, 3.05) is 5.75 Å². The van der Waals surface area contributed by atoms with Crippen molar-refractivity contribution in [3.63, 3.8) is 0 Å². The minimum absolute atomic E-state index is 0.0266. The predicted octanol–water partition coefficient (Wildman–Crippen LogP) is 6.87. The van der Waals surface area contributed by atoms with Gasteiger partial charge in [-0.05, 0) is 72.5 Å². The smallest absolute Gasteiger partial charge is 0.348 e. The van der Waals surface area contributed by atoms with Crippen LogP contribution in [0.4, 0.5) is 13.2 Å². The second-order valence-electron chi connectivity index (χ2n) is 10.0. The van der Waals surface area contributed by atoms with E-state index in [1.54, 1.807) is 37.3 Å². The number of aromatic nitrogens is 1. The fraction of sp³-hybridized carbons (Fsp3) is 0.300. The van der Waals surface area contributed by atoms with Gasteiger partial charge in [0.1, 0.15) is 0 Å². The van der Waals surface area contributed by atoms with Crippen molar-refractivity contribution in [2.45, 2.75) is 56.3 Å². The van der Waals surface area contributed by atoms with Gasteiger partial charge in [0.2, 0.25) is 0 Å². The van der Waals surface area contributed by atoms with Crippen molar-refractivity contribution < 1.29 is 26.4 Å². The highest BCUT2D eigenvalue weighted by molar-refractivity contribution is 7.91. The number of nitrogens with zero attached hydrogens (tertiary/aromatic N) is 1. The Labute approximate surface area is 225 Å². The lowest BCUT2D eigenvalue weighted by atomic mass is 9.96. The Kier molecular flexibility index (Phi) is 7.05. The molecule has 1 aromatic heterocycles. The number of carbonyl (C=O) groups is 1. The van der Waals surface area contributed by atoms with E-state index in [4.69, 9.17) is 0 Å². The summed E-state index contributed by atoms with van der Waals surface area (Å²) in [5.41, 5.74) is 3.41. The number of hydrogen-bond donors (Lipinski definition) is 1. The maximum atomic E-state index is 13.0. The summed E-state index contributed by atoms with van der Waals surface area (Å²) in [6, 6.07) is 19.7. The second-order valence-corrected chi connectivity index (χ2v) is 12.3. The molecule has 0 spiro atoms. The molecule has 1 heterocycles. The quantitative estimate of drug-likeness (QED) is 0.258. The zero-order valence-electron chi connectivity index (χ0n) is 21.6. The van der Waals surface area contributed by atoms with Crippen LogP contribution in [-0.2, 0) is 22.6 Å². The van der Waals surface area contributed by atoms with E-state index in [9.17, 15) is 26.4 Å². The lowest BCUT2D eigenvalue weighted by molar-refractivity contribution is -0.137. The van der Waals surface area contributed by atoms with E-state index < -0.39 is 21.6 Å². The van der Waals surface area contributed by atoms with Crippen LogP contribution in [0.25, 0.3) is 10.9 Å². The fourth-order valence-corrected chi connectivity index (χ4v) is 5.75. The van der Waals surface area contributed by atoms with Crippen LogP contribution >= 0.6 is 0 Å². The van der Waals surface area contributed by atoms with Crippen LogP contribution in [0.3, 0.4) is 0 Å². The highest BCUT2D eigenvalue weighted by Gasteiger charge is 2.32. The van der Waals surface area contributed by atoms with E-state index in [2.05, 4.69) is 9.88 Å². The number of halogens is 3. The average Bonchev–Trinajstić information content (AvgIpc) is 3.70. The number of hydrogen-bond acceptors (Lipinski definition) is 3. The number of sulfone groups is 1. The number of benzene rings is 3. The van der Waals surface area contributed by atoms with Gasteiger partial charge in [-0.25, -0.2) is 8.42 Å². The highest BCUT2D eigenvalue weighted by Crippen LogP contribution is 2.43. The van der Waals surface area contributed by atoms with Gasteiger partial charge in [0.05, 0.1) is 16.2 Å². The molecule has 0 aliphatic heterocycles. The molecule has 3 aromatic carbocycles. The van der Waals surface area contributed by atoms with Crippen molar-refractivity contribution in [3.8, 4) is 0 Å². The summed E-state index contributed by atoms with van der Waals surface area (Å²) < 4.78 is 65.3. The van der Waals surface area contributed by atoms with Gasteiger partial charge in [-0.3, -0.25) is 4.79 Å². The second kappa shape index (κ2) is 10.2. The number of alkyl halides is 3. The van der Waals surface area contributed by atoms with Gasteiger partial charge in [-0.1, -0.05) is 38.1 Å². The summed E-state index contributed by atoms with van der Waals surface area (Å²) in [5.74, 6) is -0.352. The van der Waals surface area contributed by atoms with E-state index in [1.165, 1.54) is 12.1 Å². The molecule has 204 valence electrons.